The van der Waals surface area contributed by atoms with Gasteiger partial charge in [0.05, 0.1) is 12.0 Å². The van der Waals surface area contributed by atoms with Gasteiger partial charge in [0.15, 0.2) is 0 Å². The number of ether oxygens (including phenoxy) is 1. The van der Waals surface area contributed by atoms with E-state index in [4.69, 9.17) is 16.3 Å². The van der Waals surface area contributed by atoms with Crippen LogP contribution < -0.4 is 17.0 Å². The molecule has 3 aliphatic heterocycles. The van der Waals surface area contributed by atoms with Crippen LogP contribution in [-0.2, 0) is 4.74 Å². The molecular formula is C17H19N7O2. The van der Waals surface area contributed by atoms with Crippen LogP contribution in [0.15, 0.2) is 59.4 Å². The van der Waals surface area contributed by atoms with E-state index in [1.165, 1.54) is 5.01 Å². The first-order valence-corrected chi connectivity index (χ1v) is 8.09. The Bertz CT molecular complexity index is 897. The zero-order valence-corrected chi connectivity index (χ0v) is 14.3. The van der Waals surface area contributed by atoms with E-state index in [2.05, 4.69) is 16.5 Å². The Kier molecular flexibility index (Phi) is 3.37. The fourth-order valence-electron chi connectivity index (χ4n) is 3.64. The number of aliphatic hydroxyl groups is 1. The highest BCUT2D eigenvalue weighted by Crippen LogP contribution is 2.46. The molecule has 0 aromatic carbocycles. The summed E-state index contributed by atoms with van der Waals surface area (Å²) < 4.78 is 5.69. The van der Waals surface area contributed by atoms with E-state index in [0.717, 1.165) is 11.1 Å². The molecule has 0 saturated carbocycles. The minimum Gasteiger partial charge on any atom is -0.494 e. The van der Waals surface area contributed by atoms with Gasteiger partial charge in [-0.2, -0.15) is 10.3 Å². The largest absolute Gasteiger partial charge is 0.494 e. The van der Waals surface area contributed by atoms with Crippen molar-refractivity contribution in [2.24, 2.45) is 11.6 Å². The minimum absolute atomic E-state index is 0.0445. The van der Waals surface area contributed by atoms with Gasteiger partial charge in [0.2, 0.25) is 17.6 Å². The Balaban J connectivity index is 1.88. The minimum atomic E-state index is -0.759. The molecule has 0 amide bonds. The van der Waals surface area contributed by atoms with Gasteiger partial charge in [0, 0.05) is 24.0 Å². The summed E-state index contributed by atoms with van der Waals surface area (Å²) >= 11 is 0. The maximum absolute atomic E-state index is 10.3. The molecule has 0 spiro atoms. The molecule has 0 fully saturated rings. The number of fused-ring (bicyclic) bond motifs is 2. The molecule has 0 unspecified atom stereocenters. The molecule has 6 N–H and O–H groups in total. The quantitative estimate of drug-likeness (QED) is 0.535. The molecule has 2 atom stereocenters. The van der Waals surface area contributed by atoms with E-state index in [9.17, 15) is 10.4 Å². The molecule has 26 heavy (non-hydrogen) atoms. The number of rotatable bonds is 1. The Labute approximate surface area is 150 Å². The van der Waals surface area contributed by atoms with Crippen molar-refractivity contribution in [3.05, 3.63) is 65.0 Å². The number of nitriles is 1. The molecule has 1 aromatic heterocycles. The standard InChI is InChI=1S/C17H19N7O2/c1-17(2)23(20)12(25)6-11-14-13(9-4-3-5-21-8-9)10(7-18)15(19)26-16(14)22-24(11)17/h3-6,8,11,13,22,25H,19-20H2,1-2H3/t11-,13-/m0/s1. The summed E-state index contributed by atoms with van der Waals surface area (Å²) in [6, 6.07) is 5.46. The lowest BCUT2D eigenvalue weighted by Crippen LogP contribution is -2.66. The van der Waals surface area contributed by atoms with E-state index >= 15 is 0 Å². The Morgan fingerprint density at radius 3 is 2.88 bits per heavy atom. The van der Waals surface area contributed by atoms with Crippen molar-refractivity contribution >= 4 is 0 Å². The van der Waals surface area contributed by atoms with Gasteiger partial charge in [-0.05, 0) is 25.5 Å². The molecule has 0 radical (unpaired) electrons. The van der Waals surface area contributed by atoms with E-state index < -0.39 is 11.6 Å². The zero-order valence-electron chi connectivity index (χ0n) is 14.3. The number of hydrazine groups is 2. The number of nitrogens with zero attached hydrogens (tertiary/aromatic N) is 4. The normalized spacial score (nSPS) is 27.2. The van der Waals surface area contributed by atoms with Gasteiger partial charge in [-0.15, -0.1) is 0 Å². The van der Waals surface area contributed by atoms with Crippen LogP contribution in [0.1, 0.15) is 25.3 Å². The highest BCUT2D eigenvalue weighted by Gasteiger charge is 2.52. The van der Waals surface area contributed by atoms with Gasteiger partial charge in [-0.25, -0.2) is 5.84 Å². The molecule has 9 heteroatoms. The van der Waals surface area contributed by atoms with Crippen molar-refractivity contribution in [3.63, 3.8) is 0 Å². The Hall–Kier alpha value is -3.22. The summed E-state index contributed by atoms with van der Waals surface area (Å²) in [7, 11) is 0. The number of nitrogens with one attached hydrogen (secondary N) is 1. The molecule has 9 nitrogen and oxygen atoms in total. The van der Waals surface area contributed by atoms with E-state index in [1.54, 1.807) is 24.5 Å². The maximum Gasteiger partial charge on any atom is 0.212 e. The molecule has 3 aliphatic rings. The molecule has 134 valence electrons. The number of aromatic nitrogens is 1. The number of nitrogens with two attached hydrogens (primary N) is 2. The fraction of sp³-hybridized carbons (Fsp3) is 0.294. The SMILES string of the molecule is CC1(C)N(N)C(O)=C[C@H]2C3=C(NN21)OC(N)=C(C#N)[C@@H]3c1cccnc1. The van der Waals surface area contributed by atoms with Gasteiger partial charge < -0.3 is 15.6 Å². The molecule has 4 rings (SSSR count). The fourth-order valence-corrected chi connectivity index (χ4v) is 3.64. The van der Waals surface area contributed by atoms with Crippen LogP contribution in [0.5, 0.6) is 0 Å². The average molecular weight is 353 g/mol. The van der Waals surface area contributed by atoms with Gasteiger partial charge in [-0.3, -0.25) is 15.4 Å². The number of pyridine rings is 1. The summed E-state index contributed by atoms with van der Waals surface area (Å²) in [5.41, 5.74) is 10.3. The third-order valence-corrected chi connectivity index (χ3v) is 5.03. The van der Waals surface area contributed by atoms with Crippen molar-refractivity contribution < 1.29 is 9.84 Å². The van der Waals surface area contributed by atoms with Gasteiger partial charge in [0.25, 0.3) is 0 Å². The first-order valence-electron chi connectivity index (χ1n) is 8.09. The highest BCUT2D eigenvalue weighted by molar-refractivity contribution is 5.52. The smallest absolute Gasteiger partial charge is 0.212 e. The van der Waals surface area contributed by atoms with Crippen molar-refractivity contribution in [2.45, 2.75) is 31.5 Å². The summed E-state index contributed by atoms with van der Waals surface area (Å²) in [5, 5.41) is 23.1. The highest BCUT2D eigenvalue weighted by atomic mass is 16.5. The maximum atomic E-state index is 10.3. The van der Waals surface area contributed by atoms with Crippen molar-refractivity contribution in [1.82, 2.24) is 20.4 Å². The van der Waals surface area contributed by atoms with Crippen LogP contribution in [0.25, 0.3) is 0 Å². The lowest BCUT2D eigenvalue weighted by molar-refractivity contribution is -0.0840. The first-order chi connectivity index (χ1) is 12.4. The Morgan fingerprint density at radius 2 is 2.23 bits per heavy atom. The van der Waals surface area contributed by atoms with Gasteiger partial charge >= 0.3 is 0 Å². The lowest BCUT2D eigenvalue weighted by Gasteiger charge is -2.48. The molecule has 0 aliphatic carbocycles. The van der Waals surface area contributed by atoms with E-state index in [1.807, 2.05) is 24.9 Å². The zero-order chi connectivity index (χ0) is 18.6. The second-order valence-corrected chi connectivity index (χ2v) is 6.81. The van der Waals surface area contributed by atoms with Crippen LogP contribution in [0, 0.1) is 11.3 Å². The summed E-state index contributed by atoms with van der Waals surface area (Å²) in [5.74, 6) is 5.99. The van der Waals surface area contributed by atoms with E-state index in [0.29, 0.717) is 11.5 Å². The topological polar surface area (TPSA) is 137 Å². The summed E-state index contributed by atoms with van der Waals surface area (Å²) in [6.45, 7) is 3.71. The van der Waals surface area contributed by atoms with Crippen LogP contribution in [0.4, 0.5) is 0 Å². The predicted octanol–water partition coefficient (Wildman–Crippen LogP) is 0.614. The number of aliphatic hydroxyl groups excluding tert-OH is 1. The first kappa shape index (κ1) is 16.3. The third-order valence-electron chi connectivity index (χ3n) is 5.03. The van der Waals surface area contributed by atoms with Crippen molar-refractivity contribution in [3.8, 4) is 6.07 Å². The van der Waals surface area contributed by atoms with Crippen molar-refractivity contribution in [2.75, 3.05) is 0 Å². The third kappa shape index (κ3) is 2.06. The lowest BCUT2D eigenvalue weighted by atomic mass is 9.81. The number of allylic oxidation sites excluding steroid dienone is 1. The Morgan fingerprint density at radius 1 is 1.46 bits per heavy atom. The van der Waals surface area contributed by atoms with Crippen LogP contribution >= 0.6 is 0 Å². The van der Waals surface area contributed by atoms with Crippen molar-refractivity contribution in [1.29, 1.82) is 5.26 Å². The average Bonchev–Trinajstić information content (AvgIpc) is 2.98. The summed E-state index contributed by atoms with van der Waals surface area (Å²) in [4.78, 5) is 4.16. The van der Waals surface area contributed by atoms with Gasteiger partial charge in [-0.1, -0.05) is 6.07 Å². The monoisotopic (exact) mass is 353 g/mol. The molecule has 0 bridgehead atoms. The van der Waals surface area contributed by atoms with Crippen LogP contribution in [-0.4, -0.2) is 31.8 Å². The van der Waals surface area contributed by atoms with E-state index in [-0.39, 0.29) is 17.8 Å². The molecule has 4 heterocycles. The molecular weight excluding hydrogens is 334 g/mol. The predicted molar refractivity (Wildman–Crippen MR) is 91.5 cm³/mol. The number of hydrogen-bond donors (Lipinski definition) is 4. The van der Waals surface area contributed by atoms with Gasteiger partial charge in [0.1, 0.15) is 17.3 Å². The number of hydrogen-bond acceptors (Lipinski definition) is 9. The second-order valence-electron chi connectivity index (χ2n) is 6.81. The second kappa shape index (κ2) is 5.39. The van der Waals surface area contributed by atoms with Crippen LogP contribution in [0.2, 0.25) is 0 Å². The molecule has 0 saturated heterocycles. The molecule has 1 aromatic rings. The van der Waals surface area contributed by atoms with Crippen LogP contribution in [0.3, 0.4) is 0 Å². The summed E-state index contributed by atoms with van der Waals surface area (Å²) in [6.07, 6.45) is 4.97.